The lowest BCUT2D eigenvalue weighted by molar-refractivity contribution is -0.137. The van der Waals surface area contributed by atoms with Crippen LogP contribution < -0.4 is 15.5 Å². The molecule has 3 fully saturated rings. The Labute approximate surface area is 188 Å². The third kappa shape index (κ3) is 3.78. The lowest BCUT2D eigenvalue weighted by Gasteiger charge is -2.27. The topological polar surface area (TPSA) is 91.0 Å². The van der Waals surface area contributed by atoms with Crippen LogP contribution in [0.3, 0.4) is 0 Å². The zero-order valence-corrected chi connectivity index (χ0v) is 17.8. The van der Waals surface area contributed by atoms with Gasteiger partial charge in [-0.3, -0.25) is 0 Å². The van der Waals surface area contributed by atoms with Gasteiger partial charge in [0.1, 0.15) is 17.0 Å². The molecule has 0 aliphatic carbocycles. The molecular weight excluding hydrogens is 435 g/mol. The lowest BCUT2D eigenvalue weighted by Crippen LogP contribution is -2.38. The van der Waals surface area contributed by atoms with Crippen molar-refractivity contribution in [1.82, 2.24) is 25.3 Å². The number of hydrogen-bond donors (Lipinski definition) is 3. The van der Waals surface area contributed by atoms with Gasteiger partial charge in [0.25, 0.3) is 0 Å². The number of nitrogens with zero attached hydrogens (tertiary/aromatic N) is 4. The molecule has 0 saturated carbocycles. The smallest absolute Gasteiger partial charge is 0.374 e. The number of rotatable bonds is 4. The van der Waals surface area contributed by atoms with E-state index in [2.05, 4.69) is 30.5 Å². The van der Waals surface area contributed by atoms with E-state index in [4.69, 9.17) is 9.72 Å². The van der Waals surface area contributed by atoms with Crippen LogP contribution in [0.1, 0.15) is 24.8 Å². The number of morpholine rings is 1. The number of halogens is 3. The molecule has 3 atom stereocenters. The summed E-state index contributed by atoms with van der Waals surface area (Å²) in [5, 5.41) is 7.04. The van der Waals surface area contributed by atoms with Crippen LogP contribution in [0.5, 0.6) is 0 Å². The molecule has 3 N–H and O–H groups in total. The van der Waals surface area contributed by atoms with E-state index in [1.54, 1.807) is 6.20 Å². The van der Waals surface area contributed by atoms with E-state index < -0.39 is 11.7 Å². The number of hydrogen-bond acceptors (Lipinski definition) is 7. The first-order valence-electron chi connectivity index (χ1n) is 11.2. The van der Waals surface area contributed by atoms with Gasteiger partial charge in [-0.1, -0.05) is 0 Å². The quantitative estimate of drug-likeness (QED) is 0.552. The molecule has 0 amide bonds. The van der Waals surface area contributed by atoms with Gasteiger partial charge in [0.2, 0.25) is 5.95 Å². The number of aromatic nitrogens is 4. The van der Waals surface area contributed by atoms with Crippen LogP contribution in [-0.2, 0) is 10.9 Å². The van der Waals surface area contributed by atoms with Crippen molar-refractivity contribution in [2.45, 2.75) is 43.6 Å². The summed E-state index contributed by atoms with van der Waals surface area (Å²) in [5.41, 5.74) is -0.134. The first-order chi connectivity index (χ1) is 16.0. The summed E-state index contributed by atoms with van der Waals surface area (Å²) in [6, 6.07) is 4.06. The van der Waals surface area contributed by atoms with Gasteiger partial charge in [0.15, 0.2) is 0 Å². The molecule has 6 rings (SSSR count). The number of piperidine rings is 1. The number of ether oxygens (including phenoxy) is 1. The van der Waals surface area contributed by atoms with Crippen LogP contribution in [0, 0.1) is 0 Å². The van der Waals surface area contributed by atoms with E-state index in [0.29, 0.717) is 29.2 Å². The normalized spacial score (nSPS) is 25.2. The summed E-state index contributed by atoms with van der Waals surface area (Å²) < 4.78 is 47.1. The van der Waals surface area contributed by atoms with Crippen LogP contribution in [0.25, 0.3) is 22.3 Å². The molecule has 8 nitrogen and oxygen atoms in total. The largest absolute Gasteiger partial charge is 0.419 e. The maximum atomic E-state index is 13.8. The molecular formula is C22H24F3N7O. The second-order valence-electron chi connectivity index (χ2n) is 8.91. The fourth-order valence-electron chi connectivity index (χ4n) is 5.05. The molecule has 2 unspecified atom stereocenters. The number of pyridine rings is 1. The minimum atomic E-state index is -4.58. The molecule has 0 spiro atoms. The van der Waals surface area contributed by atoms with E-state index >= 15 is 0 Å². The summed E-state index contributed by atoms with van der Waals surface area (Å²) >= 11 is 0. The number of aromatic amines is 1. The number of fused-ring (bicyclic) bond motifs is 3. The van der Waals surface area contributed by atoms with E-state index in [0.717, 1.165) is 50.9 Å². The van der Waals surface area contributed by atoms with Crippen LogP contribution in [-0.4, -0.2) is 64.4 Å². The van der Waals surface area contributed by atoms with Gasteiger partial charge in [0.05, 0.1) is 24.4 Å². The van der Waals surface area contributed by atoms with Crippen molar-refractivity contribution < 1.29 is 17.9 Å². The van der Waals surface area contributed by atoms with E-state index in [-0.39, 0.29) is 23.8 Å². The maximum absolute atomic E-state index is 13.8. The van der Waals surface area contributed by atoms with Gasteiger partial charge in [-0.05, 0) is 37.9 Å². The highest BCUT2D eigenvalue weighted by atomic mass is 19.4. The Hall–Kier alpha value is -2.92. The number of H-pyrrole nitrogens is 1. The van der Waals surface area contributed by atoms with Crippen molar-refractivity contribution in [3.8, 4) is 11.3 Å². The highest BCUT2D eigenvalue weighted by Crippen LogP contribution is 2.39. The van der Waals surface area contributed by atoms with Crippen molar-refractivity contribution >= 4 is 22.8 Å². The Morgan fingerprint density at radius 3 is 2.85 bits per heavy atom. The van der Waals surface area contributed by atoms with Gasteiger partial charge in [0, 0.05) is 42.5 Å². The van der Waals surface area contributed by atoms with Crippen molar-refractivity contribution in [3.63, 3.8) is 0 Å². The summed E-state index contributed by atoms with van der Waals surface area (Å²) in [4.78, 5) is 18.2. The highest BCUT2D eigenvalue weighted by Gasteiger charge is 2.40. The zero-order valence-electron chi connectivity index (χ0n) is 17.8. The fourth-order valence-corrected chi connectivity index (χ4v) is 5.05. The molecule has 3 aliphatic rings. The standard InChI is InChI=1S/C22H24F3N7O/c23-22(24,25)17-9-28-21(29-12-2-1-5-26-7-12)31-19(17)16-8-27-20-15(16)3-4-18(30-20)32-10-14-6-13(32)11-33-14/h3-4,8-9,12-14,26H,1-2,5-7,10-11H2,(H,27,30)(H,28,29,31)/t12?,13-,14?/m0/s1. The van der Waals surface area contributed by atoms with Crippen molar-refractivity contribution in [1.29, 1.82) is 0 Å². The van der Waals surface area contributed by atoms with E-state index in [1.165, 1.54) is 0 Å². The summed E-state index contributed by atoms with van der Waals surface area (Å²) in [5.74, 6) is 0.997. The molecule has 33 heavy (non-hydrogen) atoms. The van der Waals surface area contributed by atoms with Crippen LogP contribution in [0.2, 0.25) is 0 Å². The summed E-state index contributed by atoms with van der Waals surface area (Å²) in [7, 11) is 0. The third-order valence-corrected chi connectivity index (χ3v) is 6.70. The minimum absolute atomic E-state index is 0.0790. The summed E-state index contributed by atoms with van der Waals surface area (Å²) in [6.07, 6.45) is 0.950. The van der Waals surface area contributed by atoms with Gasteiger partial charge in [-0.2, -0.15) is 13.2 Å². The molecule has 2 bridgehead atoms. The Morgan fingerprint density at radius 2 is 2.12 bits per heavy atom. The number of nitrogens with one attached hydrogen (secondary N) is 3. The first-order valence-corrected chi connectivity index (χ1v) is 11.2. The fraction of sp³-hybridized carbons (Fsp3) is 0.500. The molecule has 11 heteroatoms. The molecule has 174 valence electrons. The predicted octanol–water partition coefficient (Wildman–Crippen LogP) is 3.18. The Morgan fingerprint density at radius 1 is 1.21 bits per heavy atom. The Bertz CT molecular complexity index is 1170. The van der Waals surface area contributed by atoms with Gasteiger partial charge >= 0.3 is 6.18 Å². The van der Waals surface area contributed by atoms with Gasteiger partial charge < -0.3 is 25.3 Å². The molecule has 3 aliphatic heterocycles. The SMILES string of the molecule is FC(F)(F)c1cnc(NC2CCCNC2)nc1-c1c[nH]c2nc(N3CC4C[C@H]3CO4)ccc12. The van der Waals surface area contributed by atoms with Gasteiger partial charge in [-0.25, -0.2) is 15.0 Å². The van der Waals surface area contributed by atoms with E-state index in [1.807, 2.05) is 12.1 Å². The molecule has 0 aromatic carbocycles. The van der Waals surface area contributed by atoms with Crippen molar-refractivity contribution in [2.24, 2.45) is 0 Å². The monoisotopic (exact) mass is 459 g/mol. The first kappa shape index (κ1) is 20.7. The second kappa shape index (κ2) is 7.84. The minimum Gasteiger partial charge on any atom is -0.374 e. The van der Waals surface area contributed by atoms with Crippen molar-refractivity contribution in [2.75, 3.05) is 36.5 Å². The highest BCUT2D eigenvalue weighted by molar-refractivity contribution is 5.94. The predicted molar refractivity (Wildman–Crippen MR) is 117 cm³/mol. The maximum Gasteiger partial charge on any atom is 0.419 e. The van der Waals surface area contributed by atoms with Crippen LogP contribution in [0.15, 0.2) is 24.5 Å². The average molecular weight is 459 g/mol. The zero-order chi connectivity index (χ0) is 22.6. The van der Waals surface area contributed by atoms with Crippen LogP contribution in [0.4, 0.5) is 24.9 Å². The molecule has 3 saturated heterocycles. The van der Waals surface area contributed by atoms with Gasteiger partial charge in [-0.15, -0.1) is 0 Å². The summed E-state index contributed by atoms with van der Waals surface area (Å²) in [6.45, 7) is 3.13. The Kier molecular flexibility index (Phi) is 4.91. The molecule has 3 aromatic heterocycles. The number of anilines is 2. The second-order valence-corrected chi connectivity index (χ2v) is 8.91. The average Bonchev–Trinajstić information content (AvgIpc) is 3.54. The van der Waals surface area contributed by atoms with E-state index in [9.17, 15) is 13.2 Å². The third-order valence-electron chi connectivity index (χ3n) is 6.70. The lowest BCUT2D eigenvalue weighted by atomic mass is 10.1. The van der Waals surface area contributed by atoms with Crippen molar-refractivity contribution in [3.05, 3.63) is 30.1 Å². The molecule has 0 radical (unpaired) electrons. The molecule has 3 aromatic rings. The Balaban J connectivity index is 1.37. The molecule has 6 heterocycles. The number of alkyl halides is 3. The van der Waals surface area contributed by atoms with Crippen LogP contribution >= 0.6 is 0 Å².